The highest BCUT2D eigenvalue weighted by atomic mass is 32.2. The van der Waals surface area contributed by atoms with Crippen LogP contribution >= 0.6 is 0 Å². The molecule has 2 unspecified atom stereocenters. The molecule has 1 aliphatic rings. The molecule has 0 bridgehead atoms. The Morgan fingerprint density at radius 1 is 1.56 bits per heavy atom. The molecule has 0 fully saturated rings. The normalized spacial score (nSPS) is 20.2. The van der Waals surface area contributed by atoms with Crippen LogP contribution in [0.4, 0.5) is 0 Å². The Balaban J connectivity index is 2.06. The van der Waals surface area contributed by atoms with Gasteiger partial charge in [0, 0.05) is 23.9 Å². The predicted octanol–water partition coefficient (Wildman–Crippen LogP) is 0.848. The van der Waals surface area contributed by atoms with Gasteiger partial charge in [0.05, 0.1) is 11.8 Å². The summed E-state index contributed by atoms with van der Waals surface area (Å²) in [7, 11) is -2.99. The third-order valence-electron chi connectivity index (χ3n) is 2.82. The summed E-state index contributed by atoms with van der Waals surface area (Å²) in [6.45, 7) is 2.28. The van der Waals surface area contributed by atoms with Crippen molar-refractivity contribution in [1.29, 1.82) is 0 Å². The summed E-state index contributed by atoms with van der Waals surface area (Å²) in [6.07, 6.45) is 1.22. The van der Waals surface area contributed by atoms with Crippen LogP contribution in [0.1, 0.15) is 18.5 Å². The first-order valence-electron chi connectivity index (χ1n) is 5.74. The minimum atomic E-state index is -2.99. The molecule has 0 amide bonds. The number of benzene rings is 1. The standard InChI is InChI=1S/C12H17NO4S/c1-8(7-18(2,15)16)13-11-6-17-12-5-9(14)3-4-10(11)12/h3-5,8,11,13-14H,6-7H2,1-2H3. The van der Waals surface area contributed by atoms with Gasteiger partial charge in [-0.2, -0.15) is 0 Å². The Bertz CT molecular complexity index is 541. The molecule has 2 rings (SSSR count). The quantitative estimate of drug-likeness (QED) is 0.849. The first-order chi connectivity index (χ1) is 8.35. The zero-order valence-electron chi connectivity index (χ0n) is 10.4. The van der Waals surface area contributed by atoms with Crippen molar-refractivity contribution in [1.82, 2.24) is 5.32 Å². The fourth-order valence-electron chi connectivity index (χ4n) is 2.18. The number of hydrogen-bond acceptors (Lipinski definition) is 5. The average Bonchev–Trinajstić information content (AvgIpc) is 2.57. The molecule has 18 heavy (non-hydrogen) atoms. The Kier molecular flexibility index (Phi) is 3.49. The van der Waals surface area contributed by atoms with Gasteiger partial charge in [-0.1, -0.05) is 0 Å². The lowest BCUT2D eigenvalue weighted by Gasteiger charge is -2.17. The van der Waals surface area contributed by atoms with E-state index < -0.39 is 9.84 Å². The minimum Gasteiger partial charge on any atom is -0.508 e. The molecule has 6 heteroatoms. The lowest BCUT2D eigenvalue weighted by atomic mass is 10.1. The third-order valence-corrected chi connectivity index (χ3v) is 3.92. The maximum Gasteiger partial charge on any atom is 0.148 e. The zero-order chi connectivity index (χ0) is 13.3. The van der Waals surface area contributed by atoms with Crippen LogP contribution in [-0.4, -0.2) is 38.2 Å². The molecule has 1 aromatic rings. The van der Waals surface area contributed by atoms with Gasteiger partial charge < -0.3 is 15.2 Å². The van der Waals surface area contributed by atoms with Gasteiger partial charge in [-0.05, 0) is 19.1 Å². The smallest absolute Gasteiger partial charge is 0.148 e. The summed E-state index contributed by atoms with van der Waals surface area (Å²) in [5.41, 5.74) is 0.952. The van der Waals surface area contributed by atoms with Gasteiger partial charge in [-0.15, -0.1) is 0 Å². The lowest BCUT2D eigenvalue weighted by molar-refractivity contribution is 0.302. The summed E-state index contributed by atoms with van der Waals surface area (Å²) in [6, 6.07) is 4.79. The molecule has 1 aromatic carbocycles. The number of nitrogens with one attached hydrogen (secondary N) is 1. The van der Waals surface area contributed by atoms with Gasteiger partial charge in [0.1, 0.15) is 27.9 Å². The van der Waals surface area contributed by atoms with Crippen LogP contribution in [0.15, 0.2) is 18.2 Å². The van der Waals surface area contributed by atoms with Crippen molar-refractivity contribution in [2.24, 2.45) is 0 Å². The Labute approximate surface area is 107 Å². The number of ether oxygens (including phenoxy) is 1. The van der Waals surface area contributed by atoms with Crippen molar-refractivity contribution in [3.8, 4) is 11.5 Å². The van der Waals surface area contributed by atoms with Gasteiger partial charge in [0.15, 0.2) is 0 Å². The van der Waals surface area contributed by atoms with Crippen molar-refractivity contribution in [2.45, 2.75) is 19.0 Å². The summed E-state index contributed by atoms with van der Waals surface area (Å²) >= 11 is 0. The molecule has 1 heterocycles. The molecular formula is C12H17NO4S. The number of fused-ring (bicyclic) bond motifs is 1. The van der Waals surface area contributed by atoms with Gasteiger partial charge in [0.25, 0.3) is 0 Å². The SMILES string of the molecule is CC(CS(C)(=O)=O)NC1COc2cc(O)ccc21. The van der Waals surface area contributed by atoms with Crippen molar-refractivity contribution in [3.63, 3.8) is 0 Å². The van der Waals surface area contributed by atoms with Crippen molar-refractivity contribution < 1.29 is 18.3 Å². The van der Waals surface area contributed by atoms with Gasteiger partial charge in [-0.25, -0.2) is 8.42 Å². The third kappa shape index (κ3) is 3.14. The van der Waals surface area contributed by atoms with Gasteiger partial charge >= 0.3 is 0 Å². The maximum atomic E-state index is 11.2. The van der Waals surface area contributed by atoms with E-state index in [2.05, 4.69) is 5.32 Å². The maximum absolute atomic E-state index is 11.2. The van der Waals surface area contributed by atoms with E-state index in [0.717, 1.165) is 5.56 Å². The predicted molar refractivity (Wildman–Crippen MR) is 68.7 cm³/mol. The topological polar surface area (TPSA) is 75.6 Å². The van der Waals surface area contributed by atoms with Crippen LogP contribution in [0.25, 0.3) is 0 Å². The molecule has 1 aliphatic heterocycles. The second-order valence-corrected chi connectivity index (χ2v) is 6.93. The molecule has 0 aliphatic carbocycles. The van der Waals surface area contributed by atoms with E-state index in [1.54, 1.807) is 18.2 Å². The minimum absolute atomic E-state index is 0.0302. The molecule has 2 N–H and O–H groups in total. The fraction of sp³-hybridized carbons (Fsp3) is 0.500. The highest BCUT2D eigenvalue weighted by Gasteiger charge is 2.26. The molecular weight excluding hydrogens is 254 g/mol. The van der Waals surface area contributed by atoms with Gasteiger partial charge in [-0.3, -0.25) is 0 Å². The monoisotopic (exact) mass is 271 g/mol. The van der Waals surface area contributed by atoms with E-state index in [1.807, 2.05) is 6.92 Å². The zero-order valence-corrected chi connectivity index (χ0v) is 11.2. The molecule has 100 valence electrons. The number of hydrogen-bond donors (Lipinski definition) is 2. The van der Waals surface area contributed by atoms with E-state index in [9.17, 15) is 13.5 Å². The summed E-state index contributed by atoms with van der Waals surface area (Å²) < 4.78 is 27.9. The van der Waals surface area contributed by atoms with E-state index >= 15 is 0 Å². The molecule has 0 aromatic heterocycles. The Hall–Kier alpha value is -1.27. The number of phenols is 1. The largest absolute Gasteiger partial charge is 0.508 e. The molecule has 0 saturated heterocycles. The van der Waals surface area contributed by atoms with E-state index in [-0.39, 0.29) is 23.6 Å². The van der Waals surface area contributed by atoms with Crippen molar-refractivity contribution in [3.05, 3.63) is 23.8 Å². The number of phenolic OH excluding ortho intramolecular Hbond substituents is 1. The first kappa shape index (κ1) is 13.2. The average molecular weight is 271 g/mol. The second kappa shape index (κ2) is 4.78. The van der Waals surface area contributed by atoms with Crippen molar-refractivity contribution in [2.75, 3.05) is 18.6 Å². The molecule has 5 nitrogen and oxygen atoms in total. The molecule has 2 atom stereocenters. The van der Waals surface area contributed by atoms with E-state index in [0.29, 0.717) is 12.4 Å². The van der Waals surface area contributed by atoms with Crippen LogP contribution in [0.5, 0.6) is 11.5 Å². The van der Waals surface area contributed by atoms with Crippen LogP contribution in [-0.2, 0) is 9.84 Å². The Morgan fingerprint density at radius 2 is 2.28 bits per heavy atom. The Morgan fingerprint density at radius 3 is 2.94 bits per heavy atom. The molecule has 0 saturated carbocycles. The van der Waals surface area contributed by atoms with Crippen LogP contribution in [0, 0.1) is 0 Å². The number of aromatic hydroxyl groups is 1. The van der Waals surface area contributed by atoms with E-state index in [4.69, 9.17) is 4.74 Å². The van der Waals surface area contributed by atoms with Gasteiger partial charge in [0.2, 0.25) is 0 Å². The fourth-order valence-corrected chi connectivity index (χ4v) is 3.19. The molecule has 0 radical (unpaired) electrons. The summed E-state index contributed by atoms with van der Waals surface area (Å²) in [5, 5.41) is 12.6. The summed E-state index contributed by atoms with van der Waals surface area (Å²) in [4.78, 5) is 0. The summed E-state index contributed by atoms with van der Waals surface area (Å²) in [5.74, 6) is 0.911. The van der Waals surface area contributed by atoms with Crippen molar-refractivity contribution >= 4 is 9.84 Å². The van der Waals surface area contributed by atoms with Crippen LogP contribution in [0.2, 0.25) is 0 Å². The first-order valence-corrected chi connectivity index (χ1v) is 7.81. The highest BCUT2D eigenvalue weighted by Crippen LogP contribution is 2.34. The highest BCUT2D eigenvalue weighted by molar-refractivity contribution is 7.90. The van der Waals surface area contributed by atoms with E-state index in [1.165, 1.54) is 6.26 Å². The number of sulfone groups is 1. The number of rotatable bonds is 4. The van der Waals surface area contributed by atoms with Crippen LogP contribution in [0.3, 0.4) is 0 Å². The second-order valence-electron chi connectivity index (χ2n) is 4.75. The lowest BCUT2D eigenvalue weighted by Crippen LogP contribution is -2.36. The molecule has 0 spiro atoms. The van der Waals surface area contributed by atoms with Crippen LogP contribution < -0.4 is 10.1 Å².